The van der Waals surface area contributed by atoms with E-state index in [4.69, 9.17) is 0 Å². The summed E-state index contributed by atoms with van der Waals surface area (Å²) in [4.78, 5) is 12.4. The van der Waals surface area contributed by atoms with E-state index in [1.165, 1.54) is 4.88 Å². The van der Waals surface area contributed by atoms with E-state index in [1.807, 2.05) is 6.92 Å². The number of thiazole rings is 1. The summed E-state index contributed by atoms with van der Waals surface area (Å²) in [7, 11) is 1.81. The van der Waals surface area contributed by atoms with Crippen LogP contribution in [0.4, 0.5) is 0 Å². The number of aliphatic imine (C=N–C) groups is 1. The second-order valence-electron chi connectivity index (χ2n) is 5.32. The van der Waals surface area contributed by atoms with Crippen LogP contribution in [0, 0.1) is 13.8 Å². The van der Waals surface area contributed by atoms with E-state index in [-0.39, 0.29) is 24.0 Å². The van der Waals surface area contributed by atoms with Crippen LogP contribution < -0.4 is 10.6 Å². The molecular formula is C15H30IN5S. The van der Waals surface area contributed by atoms with Crippen LogP contribution in [0.5, 0.6) is 0 Å². The number of halogens is 1. The minimum atomic E-state index is 0. The van der Waals surface area contributed by atoms with E-state index in [1.54, 1.807) is 18.4 Å². The third kappa shape index (κ3) is 7.23. The summed E-state index contributed by atoms with van der Waals surface area (Å²) in [6.45, 7) is 14.5. The molecule has 0 aliphatic rings. The maximum absolute atomic E-state index is 4.44. The summed E-state index contributed by atoms with van der Waals surface area (Å²) >= 11 is 1.74. The van der Waals surface area contributed by atoms with Gasteiger partial charge in [0.05, 0.1) is 17.2 Å². The molecule has 22 heavy (non-hydrogen) atoms. The SMILES string of the molecule is CCN(CCNC(=NC)NCc1sc(C)nc1C)C(C)C.I. The molecule has 1 heterocycles. The van der Waals surface area contributed by atoms with Crippen molar-refractivity contribution in [3.8, 4) is 0 Å². The minimum Gasteiger partial charge on any atom is -0.355 e. The molecule has 0 unspecified atom stereocenters. The fourth-order valence-corrected chi connectivity index (χ4v) is 3.10. The zero-order valence-corrected chi connectivity index (χ0v) is 17.7. The Bertz CT molecular complexity index is 459. The molecule has 5 nitrogen and oxygen atoms in total. The molecule has 7 heteroatoms. The molecule has 0 spiro atoms. The van der Waals surface area contributed by atoms with Crippen LogP contribution in [-0.4, -0.2) is 48.6 Å². The second kappa shape index (κ2) is 11.2. The molecule has 0 saturated carbocycles. The predicted molar refractivity (Wildman–Crippen MR) is 108 cm³/mol. The largest absolute Gasteiger partial charge is 0.355 e. The van der Waals surface area contributed by atoms with Gasteiger partial charge in [0, 0.05) is 31.1 Å². The van der Waals surface area contributed by atoms with Crippen molar-refractivity contribution in [2.75, 3.05) is 26.7 Å². The van der Waals surface area contributed by atoms with Gasteiger partial charge in [-0.05, 0) is 34.2 Å². The predicted octanol–water partition coefficient (Wildman–Crippen LogP) is 2.77. The molecule has 0 saturated heterocycles. The number of rotatable bonds is 7. The Kier molecular flexibility index (Phi) is 11.0. The Labute approximate surface area is 156 Å². The third-order valence-corrected chi connectivity index (χ3v) is 4.54. The average molecular weight is 439 g/mol. The molecule has 0 aromatic carbocycles. The number of nitrogens with zero attached hydrogens (tertiary/aromatic N) is 3. The molecule has 0 radical (unpaired) electrons. The highest BCUT2D eigenvalue weighted by molar-refractivity contribution is 14.0. The zero-order chi connectivity index (χ0) is 15.8. The summed E-state index contributed by atoms with van der Waals surface area (Å²) in [5.74, 6) is 0.847. The first-order valence-electron chi connectivity index (χ1n) is 7.59. The van der Waals surface area contributed by atoms with Crippen LogP contribution in [0.25, 0.3) is 0 Å². The molecule has 0 fully saturated rings. The average Bonchev–Trinajstić information content (AvgIpc) is 2.76. The number of hydrogen-bond acceptors (Lipinski definition) is 4. The van der Waals surface area contributed by atoms with Crippen molar-refractivity contribution < 1.29 is 0 Å². The van der Waals surface area contributed by atoms with Gasteiger partial charge in [-0.15, -0.1) is 35.3 Å². The lowest BCUT2D eigenvalue weighted by Crippen LogP contribution is -2.42. The summed E-state index contributed by atoms with van der Waals surface area (Å²) in [5.41, 5.74) is 1.11. The maximum Gasteiger partial charge on any atom is 0.191 e. The van der Waals surface area contributed by atoms with Crippen molar-refractivity contribution in [2.24, 2.45) is 4.99 Å². The molecule has 0 bridgehead atoms. The quantitative estimate of drug-likeness (QED) is 0.390. The van der Waals surface area contributed by atoms with Gasteiger partial charge in [0.2, 0.25) is 0 Å². The Balaban J connectivity index is 0.00000441. The van der Waals surface area contributed by atoms with Crippen molar-refractivity contribution in [3.63, 3.8) is 0 Å². The van der Waals surface area contributed by atoms with Gasteiger partial charge in [-0.1, -0.05) is 6.92 Å². The minimum absolute atomic E-state index is 0. The Morgan fingerprint density at radius 3 is 2.45 bits per heavy atom. The van der Waals surface area contributed by atoms with E-state index in [0.717, 1.165) is 42.8 Å². The number of hydrogen-bond donors (Lipinski definition) is 2. The first kappa shape index (κ1) is 21.6. The van der Waals surface area contributed by atoms with E-state index in [0.29, 0.717) is 6.04 Å². The van der Waals surface area contributed by atoms with E-state index >= 15 is 0 Å². The van der Waals surface area contributed by atoms with Crippen LogP contribution in [0.15, 0.2) is 4.99 Å². The molecule has 1 aromatic rings. The van der Waals surface area contributed by atoms with Gasteiger partial charge in [0.25, 0.3) is 0 Å². The summed E-state index contributed by atoms with van der Waals surface area (Å²) in [5, 5.41) is 7.83. The Morgan fingerprint density at radius 1 is 1.32 bits per heavy atom. The number of likely N-dealkylation sites (N-methyl/N-ethyl adjacent to an activating group) is 1. The second-order valence-corrected chi connectivity index (χ2v) is 6.60. The Hall–Kier alpha value is -0.410. The summed E-state index contributed by atoms with van der Waals surface area (Å²) < 4.78 is 0. The maximum atomic E-state index is 4.44. The highest BCUT2D eigenvalue weighted by atomic mass is 127. The van der Waals surface area contributed by atoms with Crippen molar-refractivity contribution >= 4 is 41.3 Å². The lowest BCUT2D eigenvalue weighted by molar-refractivity contribution is 0.237. The lowest BCUT2D eigenvalue weighted by atomic mass is 10.3. The van der Waals surface area contributed by atoms with Gasteiger partial charge in [-0.2, -0.15) is 0 Å². The molecule has 0 atom stereocenters. The fourth-order valence-electron chi connectivity index (χ4n) is 2.22. The van der Waals surface area contributed by atoms with Gasteiger partial charge in [0.1, 0.15) is 0 Å². The molecule has 0 amide bonds. The van der Waals surface area contributed by atoms with Gasteiger partial charge < -0.3 is 10.6 Å². The highest BCUT2D eigenvalue weighted by Gasteiger charge is 2.08. The van der Waals surface area contributed by atoms with Crippen LogP contribution in [0.1, 0.15) is 36.3 Å². The van der Waals surface area contributed by atoms with Gasteiger partial charge in [0.15, 0.2) is 5.96 Å². The normalized spacial score (nSPS) is 11.7. The van der Waals surface area contributed by atoms with E-state index < -0.39 is 0 Å². The first-order chi connectivity index (χ1) is 9.97. The molecule has 128 valence electrons. The lowest BCUT2D eigenvalue weighted by Gasteiger charge is -2.25. The Morgan fingerprint density at radius 2 is 2.00 bits per heavy atom. The van der Waals surface area contributed by atoms with Crippen LogP contribution >= 0.6 is 35.3 Å². The standard InChI is InChI=1S/C15H29N5S.HI/c1-7-20(11(2)3)9-8-17-15(16-6)18-10-14-12(4)19-13(5)21-14;/h11H,7-10H2,1-6H3,(H2,16,17,18);1H. The number of aryl methyl sites for hydroxylation is 2. The molecule has 2 N–H and O–H groups in total. The topological polar surface area (TPSA) is 52.5 Å². The van der Waals surface area contributed by atoms with Gasteiger partial charge in [-0.25, -0.2) is 4.98 Å². The van der Waals surface area contributed by atoms with Gasteiger partial charge in [-0.3, -0.25) is 9.89 Å². The van der Waals surface area contributed by atoms with Crippen LogP contribution in [-0.2, 0) is 6.54 Å². The van der Waals surface area contributed by atoms with E-state index in [9.17, 15) is 0 Å². The molecular weight excluding hydrogens is 409 g/mol. The van der Waals surface area contributed by atoms with Gasteiger partial charge >= 0.3 is 0 Å². The van der Waals surface area contributed by atoms with Crippen molar-refractivity contribution in [2.45, 2.75) is 47.2 Å². The van der Waals surface area contributed by atoms with Crippen LogP contribution in [0.2, 0.25) is 0 Å². The monoisotopic (exact) mass is 439 g/mol. The number of aromatic nitrogens is 1. The summed E-state index contributed by atoms with van der Waals surface area (Å²) in [6, 6.07) is 0.578. The van der Waals surface area contributed by atoms with E-state index in [2.05, 4.69) is 53.2 Å². The molecule has 1 rings (SSSR count). The number of guanidine groups is 1. The fraction of sp³-hybridized carbons (Fsp3) is 0.733. The zero-order valence-electron chi connectivity index (χ0n) is 14.6. The number of nitrogens with one attached hydrogen (secondary N) is 2. The summed E-state index contributed by atoms with van der Waals surface area (Å²) in [6.07, 6.45) is 0. The highest BCUT2D eigenvalue weighted by Crippen LogP contribution is 2.16. The van der Waals surface area contributed by atoms with Crippen molar-refractivity contribution in [1.82, 2.24) is 20.5 Å². The van der Waals surface area contributed by atoms with Crippen molar-refractivity contribution in [3.05, 3.63) is 15.6 Å². The molecule has 1 aromatic heterocycles. The smallest absolute Gasteiger partial charge is 0.191 e. The van der Waals surface area contributed by atoms with Crippen molar-refractivity contribution in [1.29, 1.82) is 0 Å². The van der Waals surface area contributed by atoms with Crippen LogP contribution in [0.3, 0.4) is 0 Å². The third-order valence-electron chi connectivity index (χ3n) is 3.47. The molecule has 0 aliphatic heterocycles. The molecule has 0 aliphatic carbocycles. The first-order valence-corrected chi connectivity index (χ1v) is 8.41.